The van der Waals surface area contributed by atoms with E-state index in [2.05, 4.69) is 0 Å². The van der Waals surface area contributed by atoms with E-state index >= 15 is 0 Å². The molecule has 1 N–H and O–H groups in total. The zero-order valence-electron chi connectivity index (χ0n) is 22.6. The zero-order chi connectivity index (χ0) is 27.4. The van der Waals surface area contributed by atoms with Crippen LogP contribution in [-0.4, -0.2) is 67.1 Å². The Bertz CT molecular complexity index is 934. The minimum absolute atomic E-state index is 0. The van der Waals surface area contributed by atoms with Crippen molar-refractivity contribution in [2.45, 2.75) is 6.92 Å². The third kappa shape index (κ3) is 5.87. The molecule has 0 radical (unpaired) electrons. The number of methoxy groups -OCH3 is 6. The van der Waals surface area contributed by atoms with Gasteiger partial charge in [0.05, 0.1) is 55.4 Å². The van der Waals surface area contributed by atoms with Gasteiger partial charge in [-0.15, -0.1) is 6.61 Å². The molecule has 0 saturated carbocycles. The van der Waals surface area contributed by atoms with Gasteiger partial charge in [0.25, 0.3) is 0 Å². The van der Waals surface area contributed by atoms with E-state index in [1.807, 2.05) is 54.6 Å². The maximum Gasteiger partial charge on any atom is 0.188 e. The summed E-state index contributed by atoms with van der Waals surface area (Å²) in [4.78, 5) is 0. The van der Waals surface area contributed by atoms with Gasteiger partial charge < -0.3 is 38.6 Å². The molecule has 0 saturated heterocycles. The van der Waals surface area contributed by atoms with Gasteiger partial charge >= 0.3 is 0 Å². The van der Waals surface area contributed by atoms with E-state index in [-0.39, 0.29) is 13.2 Å². The van der Waals surface area contributed by atoms with Crippen LogP contribution >= 0.6 is 7.26 Å². The monoisotopic (exact) mass is 532 g/mol. The van der Waals surface area contributed by atoms with Crippen molar-refractivity contribution in [2.75, 3.05) is 62.0 Å². The van der Waals surface area contributed by atoms with E-state index < -0.39 is 7.26 Å². The second kappa shape index (κ2) is 14.5. The molecule has 0 aliphatic heterocycles. The topological polar surface area (TPSA) is 98.7 Å². The predicted octanol–water partition coefficient (Wildman–Crippen LogP) is 2.39. The summed E-state index contributed by atoms with van der Waals surface area (Å²) in [5.41, 5.74) is 0. The van der Waals surface area contributed by atoms with Crippen LogP contribution in [0.2, 0.25) is 0 Å². The second-order valence-corrected chi connectivity index (χ2v) is 11.0. The molecule has 202 valence electrons. The lowest BCUT2D eigenvalue weighted by atomic mass is 10.3. The Kier molecular flexibility index (Phi) is 11.8. The first-order chi connectivity index (χ1) is 18.0. The van der Waals surface area contributed by atoms with Gasteiger partial charge in [0.15, 0.2) is 50.4 Å². The van der Waals surface area contributed by atoms with Crippen molar-refractivity contribution in [3.05, 3.63) is 54.6 Å². The van der Waals surface area contributed by atoms with Crippen LogP contribution < -0.4 is 49.4 Å². The molecule has 3 rings (SSSR count). The molecule has 0 aromatic heterocycles. The molecule has 0 atom stereocenters. The highest BCUT2D eigenvalue weighted by Crippen LogP contribution is 2.65. The summed E-state index contributed by atoms with van der Waals surface area (Å²) in [6.45, 7) is 1.44. The normalized spacial score (nSPS) is 10.6. The van der Waals surface area contributed by atoms with Crippen molar-refractivity contribution in [2.24, 2.45) is 0 Å². The van der Waals surface area contributed by atoms with Gasteiger partial charge in [-0.1, -0.05) is 25.1 Å². The Balaban J connectivity index is 0.00000153. The number of hydrogen-bond donors (Lipinski definition) is 1. The fourth-order valence-electron chi connectivity index (χ4n) is 4.44. The maximum absolute atomic E-state index is 10.6. The van der Waals surface area contributed by atoms with Gasteiger partial charge in [-0.3, -0.25) is 0 Å². The highest BCUT2D eigenvalue weighted by molar-refractivity contribution is 7.96. The van der Waals surface area contributed by atoms with Crippen LogP contribution in [0.4, 0.5) is 0 Å². The van der Waals surface area contributed by atoms with E-state index in [0.717, 1.165) is 15.9 Å². The molecule has 0 amide bonds. The molecule has 0 spiro atoms. The van der Waals surface area contributed by atoms with E-state index in [1.54, 1.807) is 49.6 Å². The Hall–Kier alpha value is -3.19. The highest BCUT2D eigenvalue weighted by atomic mass is 31.2. The summed E-state index contributed by atoms with van der Waals surface area (Å²) in [6.07, 6.45) is 0.331. The maximum atomic E-state index is 10.6. The van der Waals surface area contributed by atoms with Gasteiger partial charge in [-0.05, 0) is 36.4 Å². The molecule has 0 heterocycles. The van der Waals surface area contributed by atoms with Gasteiger partial charge in [0.1, 0.15) is 7.26 Å². The van der Waals surface area contributed by atoms with Crippen molar-refractivity contribution in [3.8, 4) is 34.5 Å². The van der Waals surface area contributed by atoms with Gasteiger partial charge in [-0.25, -0.2) is 0 Å². The van der Waals surface area contributed by atoms with Crippen LogP contribution in [0.5, 0.6) is 34.5 Å². The molecule has 3 aromatic rings. The van der Waals surface area contributed by atoms with Crippen LogP contribution in [0.3, 0.4) is 0 Å². The Morgan fingerprint density at radius 1 is 0.568 bits per heavy atom. The Morgan fingerprint density at radius 2 is 0.784 bits per heavy atom. The first-order valence-electron chi connectivity index (χ1n) is 11.7. The molecule has 9 heteroatoms. The minimum atomic E-state index is -2.88. The number of rotatable bonds is 11. The summed E-state index contributed by atoms with van der Waals surface area (Å²) in [5.74, 6) is 3.68. The third-order valence-corrected chi connectivity index (χ3v) is 10.3. The molecule has 37 heavy (non-hydrogen) atoms. The summed E-state index contributed by atoms with van der Waals surface area (Å²) < 4.78 is 35.3. The lowest BCUT2D eigenvalue weighted by molar-refractivity contribution is -0.361. The smallest absolute Gasteiger partial charge is 0.188 e. The lowest BCUT2D eigenvalue weighted by Crippen LogP contribution is -2.38. The summed E-state index contributed by atoms with van der Waals surface area (Å²) in [6, 6.07) is 16.9. The largest absolute Gasteiger partial charge is 0.855 e. The summed E-state index contributed by atoms with van der Waals surface area (Å²) >= 11 is 0. The Morgan fingerprint density at radius 3 is 0.946 bits per heavy atom. The molecule has 0 bridgehead atoms. The Labute approximate surface area is 220 Å². The number of aliphatic hydroxyl groups is 1. The summed E-state index contributed by atoms with van der Waals surface area (Å²) in [5, 5.41) is 21.9. The second-order valence-electron chi connectivity index (χ2n) is 7.58. The molecule has 0 unspecified atom stereocenters. The molecule has 8 nitrogen and oxygen atoms in total. The van der Waals surface area contributed by atoms with E-state index in [0.29, 0.717) is 40.7 Å². The SMILES string of the molecule is CC[O-].COc1cccc(OC)c1[P+](CCO)(c1c(OC)cccc1OC)c1c(OC)cccc1OC. The van der Waals surface area contributed by atoms with Crippen molar-refractivity contribution in [3.63, 3.8) is 0 Å². The standard InChI is InChI=1S/C26H32O7P.C2H5O/c1-28-18-10-7-11-19(29-2)24(18)34(17-16-27,25-20(30-3)12-8-13-21(25)31-4)26-22(32-5)14-9-15-23(26)33-6;1-2-3/h7-15,27H,16-17H2,1-6H3;2H2,1H3/q+1;-1. The average molecular weight is 533 g/mol. The summed E-state index contributed by atoms with van der Waals surface area (Å²) in [7, 11) is 6.82. The van der Waals surface area contributed by atoms with Crippen LogP contribution in [0.25, 0.3) is 0 Å². The fraction of sp³-hybridized carbons (Fsp3) is 0.357. The van der Waals surface area contributed by atoms with Crippen molar-refractivity contribution in [1.29, 1.82) is 0 Å². The molecule has 3 aromatic carbocycles. The van der Waals surface area contributed by atoms with Crippen LogP contribution in [-0.2, 0) is 0 Å². The lowest BCUT2D eigenvalue weighted by Gasteiger charge is -2.32. The molecule has 0 aliphatic carbocycles. The quantitative estimate of drug-likeness (QED) is 0.376. The van der Waals surface area contributed by atoms with E-state index in [4.69, 9.17) is 33.5 Å². The third-order valence-electron chi connectivity index (χ3n) is 5.79. The average Bonchev–Trinajstić information content (AvgIpc) is 2.95. The number of ether oxygens (including phenoxy) is 6. The molecule has 0 fully saturated rings. The van der Waals surface area contributed by atoms with Crippen LogP contribution in [0.15, 0.2) is 54.6 Å². The number of hydrogen-bond acceptors (Lipinski definition) is 8. The number of aliphatic hydroxyl groups excluding tert-OH is 1. The van der Waals surface area contributed by atoms with Crippen molar-refractivity contribution in [1.82, 2.24) is 0 Å². The van der Waals surface area contributed by atoms with Crippen molar-refractivity contribution >= 4 is 23.2 Å². The van der Waals surface area contributed by atoms with Crippen LogP contribution in [0, 0.1) is 0 Å². The minimum Gasteiger partial charge on any atom is -0.855 e. The molecule has 0 aliphatic rings. The van der Waals surface area contributed by atoms with Gasteiger partial charge in [0.2, 0.25) is 0 Å². The first-order valence-corrected chi connectivity index (χ1v) is 13.7. The first kappa shape index (κ1) is 30.0. The molecular formula is C28H37O8P. The van der Waals surface area contributed by atoms with Crippen LogP contribution in [0.1, 0.15) is 6.92 Å². The predicted molar refractivity (Wildman–Crippen MR) is 147 cm³/mol. The fourth-order valence-corrected chi connectivity index (χ4v) is 9.34. The van der Waals surface area contributed by atoms with Gasteiger partial charge in [0, 0.05) is 0 Å². The van der Waals surface area contributed by atoms with E-state index in [9.17, 15) is 5.11 Å². The van der Waals surface area contributed by atoms with E-state index in [1.165, 1.54) is 0 Å². The highest BCUT2D eigenvalue weighted by Gasteiger charge is 2.57. The zero-order valence-corrected chi connectivity index (χ0v) is 23.5. The van der Waals surface area contributed by atoms with Crippen molar-refractivity contribution < 1.29 is 38.6 Å². The number of benzene rings is 3. The molecular weight excluding hydrogens is 495 g/mol. The van der Waals surface area contributed by atoms with Gasteiger partial charge in [-0.2, -0.15) is 0 Å².